The van der Waals surface area contributed by atoms with Gasteiger partial charge < -0.3 is 27.4 Å². The zero-order valence-electron chi connectivity index (χ0n) is 12.7. The lowest BCUT2D eigenvalue weighted by Gasteiger charge is -2.24. The normalized spacial score (nSPS) is 16.7. The third-order valence-corrected chi connectivity index (χ3v) is 4.34. The van der Waals surface area contributed by atoms with E-state index in [0.29, 0.717) is 0 Å². The molecule has 1 unspecified atom stereocenters. The first-order chi connectivity index (χ1) is 10.8. The maximum absolute atomic E-state index is 13.5. The smallest absolute Gasteiger partial charge is 0.123 e. The zero-order chi connectivity index (χ0) is 15.1. The Balaban J connectivity index is 0.00000156. The summed E-state index contributed by atoms with van der Waals surface area (Å²) in [5.41, 5.74) is 4.46. The molecule has 4 rings (SSSR count). The van der Waals surface area contributed by atoms with E-state index >= 15 is 0 Å². The van der Waals surface area contributed by atoms with Crippen molar-refractivity contribution in [3.05, 3.63) is 65.1 Å². The van der Waals surface area contributed by atoms with Crippen molar-refractivity contribution in [2.24, 2.45) is 0 Å². The minimum atomic E-state index is -0.204. The van der Waals surface area contributed by atoms with E-state index in [2.05, 4.69) is 16.4 Å². The van der Waals surface area contributed by atoms with Gasteiger partial charge in [0.1, 0.15) is 11.6 Å². The van der Waals surface area contributed by atoms with Gasteiger partial charge in [-0.3, -0.25) is 0 Å². The standard InChI is InChI=1S/C18H17FN2O.ClH/c1-22-13-5-6-16-15(10-13)14-7-8-20-17(18(14)21-16)11-3-2-4-12(19)9-11;/h2-6,9-10,17,20-21H,7-8H2,1H3;1H/p-1. The van der Waals surface area contributed by atoms with Gasteiger partial charge in [0, 0.05) is 23.1 Å². The lowest BCUT2D eigenvalue weighted by Crippen LogP contribution is -3.00. The van der Waals surface area contributed by atoms with Crippen molar-refractivity contribution in [3.63, 3.8) is 0 Å². The number of rotatable bonds is 2. The van der Waals surface area contributed by atoms with Gasteiger partial charge in [-0.25, -0.2) is 4.39 Å². The predicted molar refractivity (Wildman–Crippen MR) is 84.8 cm³/mol. The highest BCUT2D eigenvalue weighted by atomic mass is 35.5. The molecular weight excluding hydrogens is 315 g/mol. The Kier molecular flexibility index (Phi) is 4.28. The molecule has 1 aliphatic heterocycles. The molecule has 0 aliphatic carbocycles. The van der Waals surface area contributed by atoms with Crippen LogP contribution in [0.1, 0.15) is 22.9 Å². The number of aromatic nitrogens is 1. The third-order valence-electron chi connectivity index (χ3n) is 4.34. The molecule has 1 atom stereocenters. The fourth-order valence-electron chi connectivity index (χ4n) is 3.30. The summed E-state index contributed by atoms with van der Waals surface area (Å²) in [5.74, 6) is 0.652. The number of halogens is 2. The van der Waals surface area contributed by atoms with Crippen molar-refractivity contribution in [1.29, 1.82) is 0 Å². The molecule has 23 heavy (non-hydrogen) atoms. The van der Waals surface area contributed by atoms with Crippen molar-refractivity contribution in [2.45, 2.75) is 12.5 Å². The highest BCUT2D eigenvalue weighted by Gasteiger charge is 2.25. The summed E-state index contributed by atoms with van der Waals surface area (Å²) in [6.45, 7) is 0.873. The molecule has 0 fully saturated rings. The van der Waals surface area contributed by atoms with Gasteiger partial charge in [-0.15, -0.1) is 0 Å². The van der Waals surface area contributed by atoms with Gasteiger partial charge in [0.15, 0.2) is 0 Å². The summed E-state index contributed by atoms with van der Waals surface area (Å²) in [5, 5.41) is 4.67. The molecule has 2 aromatic carbocycles. The largest absolute Gasteiger partial charge is 1.00 e. The Bertz CT molecular complexity index is 846. The maximum atomic E-state index is 13.5. The molecular formula is C18H17ClFN2O-. The Hall–Kier alpha value is -2.04. The number of methoxy groups -OCH3 is 1. The molecule has 0 amide bonds. The topological polar surface area (TPSA) is 37.0 Å². The minimum absolute atomic E-state index is 0. The summed E-state index contributed by atoms with van der Waals surface area (Å²) in [7, 11) is 1.68. The van der Waals surface area contributed by atoms with Crippen LogP contribution in [0.15, 0.2) is 42.5 Å². The molecule has 1 aromatic heterocycles. The monoisotopic (exact) mass is 331 g/mol. The van der Waals surface area contributed by atoms with E-state index in [4.69, 9.17) is 4.74 Å². The average molecular weight is 332 g/mol. The molecule has 0 radical (unpaired) electrons. The average Bonchev–Trinajstić information content (AvgIpc) is 2.92. The number of nitrogens with one attached hydrogen (secondary N) is 2. The first-order valence-corrected chi connectivity index (χ1v) is 7.43. The lowest BCUT2D eigenvalue weighted by molar-refractivity contribution is -0.00000537. The van der Waals surface area contributed by atoms with E-state index in [1.54, 1.807) is 19.2 Å². The van der Waals surface area contributed by atoms with Crippen LogP contribution in [0.2, 0.25) is 0 Å². The summed E-state index contributed by atoms with van der Waals surface area (Å²) < 4.78 is 18.9. The van der Waals surface area contributed by atoms with E-state index in [1.165, 1.54) is 17.0 Å². The number of fused-ring (bicyclic) bond motifs is 3. The van der Waals surface area contributed by atoms with Gasteiger partial charge in [-0.05, 0) is 47.9 Å². The lowest BCUT2D eigenvalue weighted by atomic mass is 9.94. The van der Waals surface area contributed by atoms with Crippen LogP contribution in [-0.2, 0) is 6.42 Å². The van der Waals surface area contributed by atoms with Crippen molar-refractivity contribution < 1.29 is 21.5 Å². The predicted octanol–water partition coefficient (Wildman–Crippen LogP) is 0.555. The molecule has 3 nitrogen and oxygen atoms in total. The summed E-state index contributed by atoms with van der Waals surface area (Å²) >= 11 is 0. The summed E-state index contributed by atoms with van der Waals surface area (Å²) in [6.07, 6.45) is 0.953. The second-order valence-corrected chi connectivity index (χ2v) is 5.62. The molecule has 0 saturated heterocycles. The van der Waals surface area contributed by atoms with Crippen LogP contribution in [0.3, 0.4) is 0 Å². The first-order valence-electron chi connectivity index (χ1n) is 7.43. The van der Waals surface area contributed by atoms with Crippen molar-refractivity contribution in [1.82, 2.24) is 10.3 Å². The maximum Gasteiger partial charge on any atom is 0.123 e. The van der Waals surface area contributed by atoms with Crippen LogP contribution in [-0.4, -0.2) is 18.6 Å². The number of benzene rings is 2. The van der Waals surface area contributed by atoms with Crippen molar-refractivity contribution in [3.8, 4) is 5.75 Å². The Morgan fingerprint density at radius 3 is 2.83 bits per heavy atom. The molecule has 0 bridgehead atoms. The quantitative estimate of drug-likeness (QED) is 0.720. The molecule has 0 spiro atoms. The van der Waals surface area contributed by atoms with Crippen molar-refractivity contribution in [2.75, 3.05) is 13.7 Å². The van der Waals surface area contributed by atoms with Gasteiger partial charge >= 0.3 is 0 Å². The summed E-state index contributed by atoms with van der Waals surface area (Å²) in [4.78, 5) is 3.49. The van der Waals surface area contributed by atoms with Gasteiger partial charge in [-0.2, -0.15) is 0 Å². The summed E-state index contributed by atoms with van der Waals surface area (Å²) in [6, 6.07) is 12.8. The van der Waals surface area contributed by atoms with Crippen LogP contribution in [0, 0.1) is 5.82 Å². The van der Waals surface area contributed by atoms with E-state index in [9.17, 15) is 4.39 Å². The molecule has 2 heterocycles. The van der Waals surface area contributed by atoms with E-state index in [-0.39, 0.29) is 24.3 Å². The van der Waals surface area contributed by atoms with Gasteiger partial charge in [0.2, 0.25) is 0 Å². The molecule has 3 aromatic rings. The van der Waals surface area contributed by atoms with Gasteiger partial charge in [-0.1, -0.05) is 12.1 Å². The minimum Gasteiger partial charge on any atom is -1.00 e. The second-order valence-electron chi connectivity index (χ2n) is 5.62. The van der Waals surface area contributed by atoms with E-state index < -0.39 is 0 Å². The van der Waals surface area contributed by atoms with Gasteiger partial charge in [0.25, 0.3) is 0 Å². The Morgan fingerprint density at radius 2 is 2.04 bits per heavy atom. The van der Waals surface area contributed by atoms with E-state index in [1.807, 2.05) is 18.2 Å². The van der Waals surface area contributed by atoms with E-state index in [0.717, 1.165) is 35.5 Å². The zero-order valence-corrected chi connectivity index (χ0v) is 13.5. The second kappa shape index (κ2) is 6.22. The van der Waals surface area contributed by atoms with Crippen LogP contribution in [0.4, 0.5) is 4.39 Å². The Morgan fingerprint density at radius 1 is 1.17 bits per heavy atom. The van der Waals surface area contributed by atoms with Gasteiger partial charge in [0.05, 0.1) is 13.2 Å². The Labute approximate surface area is 140 Å². The third kappa shape index (κ3) is 2.69. The molecule has 1 aliphatic rings. The molecule has 2 N–H and O–H groups in total. The first kappa shape index (κ1) is 15.8. The van der Waals surface area contributed by atoms with Crippen LogP contribution >= 0.6 is 0 Å². The van der Waals surface area contributed by atoms with Crippen LogP contribution < -0.4 is 22.5 Å². The number of ether oxygens (including phenoxy) is 1. The number of H-pyrrole nitrogens is 1. The molecule has 0 saturated carbocycles. The fourth-order valence-corrected chi connectivity index (χ4v) is 3.30. The highest BCUT2D eigenvalue weighted by molar-refractivity contribution is 5.86. The molecule has 120 valence electrons. The SMILES string of the molecule is COc1ccc2[nH]c3c(c2c1)CCNC3c1cccc(F)c1.[Cl-]. The van der Waals surface area contributed by atoms with Crippen LogP contribution in [0.5, 0.6) is 5.75 Å². The molecule has 5 heteroatoms. The number of hydrogen-bond donors (Lipinski definition) is 2. The highest BCUT2D eigenvalue weighted by Crippen LogP contribution is 2.35. The fraction of sp³-hybridized carbons (Fsp3) is 0.222. The van der Waals surface area contributed by atoms with Crippen molar-refractivity contribution >= 4 is 10.9 Å². The number of hydrogen-bond acceptors (Lipinski definition) is 2. The van der Waals surface area contributed by atoms with Crippen LogP contribution in [0.25, 0.3) is 10.9 Å². The number of aromatic amines is 1.